The highest BCUT2D eigenvalue weighted by Crippen LogP contribution is 2.35. The van der Waals surface area contributed by atoms with Gasteiger partial charge in [0.25, 0.3) is 0 Å². The van der Waals surface area contributed by atoms with Gasteiger partial charge in [0, 0.05) is 34.7 Å². The molecule has 1 fully saturated rings. The summed E-state index contributed by atoms with van der Waals surface area (Å²) in [5.74, 6) is 0. The summed E-state index contributed by atoms with van der Waals surface area (Å²) in [6, 6.07) is 2.80. The summed E-state index contributed by atoms with van der Waals surface area (Å²) in [5.41, 5.74) is 1.29. The van der Waals surface area contributed by atoms with Crippen molar-refractivity contribution in [1.82, 2.24) is 14.9 Å². The lowest BCUT2D eigenvalue weighted by atomic mass is 10.4. The largest absolute Gasteiger partial charge is 0.330 e. The molecule has 1 aliphatic carbocycles. The molecule has 3 rings (SSSR count). The highest BCUT2D eigenvalue weighted by molar-refractivity contribution is 9.10. The number of halogens is 1. The third kappa shape index (κ3) is 2.61. The van der Waals surface area contributed by atoms with Crippen LogP contribution in [0.5, 0.6) is 0 Å². The quantitative estimate of drug-likeness (QED) is 0.918. The Morgan fingerprint density at radius 2 is 2.35 bits per heavy atom. The van der Waals surface area contributed by atoms with E-state index in [9.17, 15) is 0 Å². The Hall–Kier alpha value is -0.650. The number of hydrogen-bond acceptors (Lipinski definition) is 3. The summed E-state index contributed by atoms with van der Waals surface area (Å²) in [6.07, 6.45) is 6.53. The number of nitrogens with one attached hydrogen (secondary N) is 1. The molecule has 0 saturated heterocycles. The van der Waals surface area contributed by atoms with Crippen LogP contribution >= 0.6 is 27.3 Å². The zero-order chi connectivity index (χ0) is 11.7. The van der Waals surface area contributed by atoms with E-state index in [2.05, 4.69) is 42.2 Å². The number of rotatable bonds is 5. The van der Waals surface area contributed by atoms with Gasteiger partial charge in [0.1, 0.15) is 0 Å². The number of imidazole rings is 1. The molecule has 0 aliphatic heterocycles. The third-order valence-electron chi connectivity index (χ3n) is 2.97. The maximum absolute atomic E-state index is 4.23. The Morgan fingerprint density at radius 3 is 3.06 bits per heavy atom. The molecule has 2 aromatic heterocycles. The molecule has 0 aromatic carbocycles. The van der Waals surface area contributed by atoms with Gasteiger partial charge >= 0.3 is 0 Å². The third-order valence-corrected chi connectivity index (χ3v) is 4.90. The summed E-state index contributed by atoms with van der Waals surface area (Å²) >= 11 is 5.32. The summed E-state index contributed by atoms with van der Waals surface area (Å²) in [7, 11) is 0. The molecule has 2 aromatic rings. The van der Waals surface area contributed by atoms with Gasteiger partial charge in [-0.25, -0.2) is 4.98 Å². The molecule has 17 heavy (non-hydrogen) atoms. The molecule has 5 heteroatoms. The van der Waals surface area contributed by atoms with Gasteiger partial charge < -0.3 is 9.88 Å². The fourth-order valence-electron chi connectivity index (χ4n) is 1.91. The fraction of sp³-hybridized carbons (Fsp3) is 0.417. The average molecular weight is 312 g/mol. The van der Waals surface area contributed by atoms with Gasteiger partial charge in [0.15, 0.2) is 0 Å². The van der Waals surface area contributed by atoms with Gasteiger partial charge in [-0.1, -0.05) is 0 Å². The SMILES string of the molecule is Brc1ccsc1CNCc1cncn1C1CC1. The zero-order valence-electron chi connectivity index (χ0n) is 9.40. The van der Waals surface area contributed by atoms with E-state index < -0.39 is 0 Å². The van der Waals surface area contributed by atoms with Gasteiger partial charge in [0.05, 0.1) is 12.0 Å². The summed E-state index contributed by atoms with van der Waals surface area (Å²) in [6.45, 7) is 1.80. The topological polar surface area (TPSA) is 29.9 Å². The van der Waals surface area contributed by atoms with Crippen LogP contribution in [0, 0.1) is 0 Å². The first kappa shape index (κ1) is 11.4. The van der Waals surface area contributed by atoms with Gasteiger partial charge in [-0.05, 0) is 40.2 Å². The Balaban J connectivity index is 1.57. The van der Waals surface area contributed by atoms with Gasteiger partial charge in [-0.3, -0.25) is 0 Å². The molecule has 0 spiro atoms. The molecule has 90 valence electrons. The highest BCUT2D eigenvalue weighted by atomic mass is 79.9. The molecule has 0 amide bonds. The van der Waals surface area contributed by atoms with E-state index in [1.54, 1.807) is 11.3 Å². The monoisotopic (exact) mass is 311 g/mol. The Bertz CT molecular complexity index is 501. The van der Waals surface area contributed by atoms with Crippen LogP contribution in [0.4, 0.5) is 0 Å². The minimum Gasteiger partial charge on any atom is -0.330 e. The summed E-state index contributed by atoms with van der Waals surface area (Å²) < 4.78 is 3.50. The minimum atomic E-state index is 0.711. The van der Waals surface area contributed by atoms with Crippen LogP contribution in [0.15, 0.2) is 28.4 Å². The van der Waals surface area contributed by atoms with Crippen LogP contribution in [0.2, 0.25) is 0 Å². The lowest BCUT2D eigenvalue weighted by Crippen LogP contribution is -2.14. The van der Waals surface area contributed by atoms with Gasteiger partial charge in [-0.15, -0.1) is 11.3 Å². The van der Waals surface area contributed by atoms with Crippen molar-refractivity contribution in [2.24, 2.45) is 0 Å². The van der Waals surface area contributed by atoms with Gasteiger partial charge in [0.2, 0.25) is 0 Å². The standard InChI is InChI=1S/C12H14BrN3S/c13-11-3-4-17-12(11)7-14-5-10-6-15-8-16(10)9-1-2-9/h3-4,6,8-9,14H,1-2,5,7H2. The second kappa shape index (κ2) is 4.92. The first-order valence-electron chi connectivity index (χ1n) is 5.78. The molecular formula is C12H14BrN3S. The van der Waals surface area contributed by atoms with E-state index >= 15 is 0 Å². The van der Waals surface area contributed by atoms with Crippen molar-refractivity contribution in [1.29, 1.82) is 0 Å². The number of hydrogen-bond donors (Lipinski definition) is 1. The maximum atomic E-state index is 4.23. The second-order valence-corrected chi connectivity index (χ2v) is 6.17. The van der Waals surface area contributed by atoms with Crippen LogP contribution in [0.1, 0.15) is 29.5 Å². The average Bonchev–Trinajstić information content (AvgIpc) is 2.93. The van der Waals surface area contributed by atoms with Crippen molar-refractivity contribution in [3.05, 3.63) is 39.0 Å². The van der Waals surface area contributed by atoms with E-state index in [1.165, 1.54) is 27.9 Å². The van der Waals surface area contributed by atoms with E-state index in [1.807, 2.05) is 12.5 Å². The lowest BCUT2D eigenvalue weighted by Gasteiger charge is -2.07. The fourth-order valence-corrected chi connectivity index (χ4v) is 3.37. The van der Waals surface area contributed by atoms with Crippen LogP contribution < -0.4 is 5.32 Å². The molecule has 3 nitrogen and oxygen atoms in total. The van der Waals surface area contributed by atoms with Crippen LogP contribution in [0.25, 0.3) is 0 Å². The molecule has 1 saturated carbocycles. The molecule has 2 heterocycles. The summed E-state index contributed by atoms with van der Waals surface area (Å²) in [4.78, 5) is 5.58. The first-order valence-corrected chi connectivity index (χ1v) is 7.45. The second-order valence-electron chi connectivity index (χ2n) is 4.32. The van der Waals surface area contributed by atoms with Crippen molar-refractivity contribution in [2.45, 2.75) is 32.0 Å². The van der Waals surface area contributed by atoms with Crippen molar-refractivity contribution in [3.63, 3.8) is 0 Å². The first-order chi connectivity index (χ1) is 8.34. The Labute approximate surface area is 113 Å². The number of thiophene rings is 1. The molecule has 0 radical (unpaired) electrons. The van der Waals surface area contributed by atoms with E-state index in [4.69, 9.17) is 0 Å². The van der Waals surface area contributed by atoms with Crippen LogP contribution in [-0.4, -0.2) is 9.55 Å². The minimum absolute atomic E-state index is 0.711. The predicted molar refractivity (Wildman–Crippen MR) is 73.1 cm³/mol. The summed E-state index contributed by atoms with van der Waals surface area (Å²) in [5, 5.41) is 5.58. The predicted octanol–water partition coefficient (Wildman–Crippen LogP) is 3.33. The molecule has 1 aliphatic rings. The number of aromatic nitrogens is 2. The van der Waals surface area contributed by atoms with E-state index in [-0.39, 0.29) is 0 Å². The molecule has 1 N–H and O–H groups in total. The molecule has 0 bridgehead atoms. The number of nitrogens with zero attached hydrogens (tertiary/aromatic N) is 2. The molecule has 0 atom stereocenters. The van der Waals surface area contributed by atoms with Crippen LogP contribution in [0.3, 0.4) is 0 Å². The maximum Gasteiger partial charge on any atom is 0.0951 e. The molecular weight excluding hydrogens is 298 g/mol. The molecule has 0 unspecified atom stereocenters. The Kier molecular flexibility index (Phi) is 3.31. The normalized spacial score (nSPS) is 15.4. The smallest absolute Gasteiger partial charge is 0.0951 e. The zero-order valence-corrected chi connectivity index (χ0v) is 11.8. The van der Waals surface area contributed by atoms with Crippen molar-refractivity contribution in [2.75, 3.05) is 0 Å². The van der Waals surface area contributed by atoms with Crippen molar-refractivity contribution >= 4 is 27.3 Å². The van der Waals surface area contributed by atoms with Crippen molar-refractivity contribution < 1.29 is 0 Å². The lowest BCUT2D eigenvalue weighted by molar-refractivity contribution is 0.623. The van der Waals surface area contributed by atoms with E-state index in [0.717, 1.165) is 13.1 Å². The highest BCUT2D eigenvalue weighted by Gasteiger charge is 2.24. The van der Waals surface area contributed by atoms with Crippen LogP contribution in [-0.2, 0) is 13.1 Å². The van der Waals surface area contributed by atoms with E-state index in [0.29, 0.717) is 6.04 Å². The van der Waals surface area contributed by atoms with Crippen molar-refractivity contribution in [3.8, 4) is 0 Å². The Morgan fingerprint density at radius 1 is 1.47 bits per heavy atom. The van der Waals surface area contributed by atoms with Gasteiger partial charge in [-0.2, -0.15) is 0 Å².